The Morgan fingerprint density at radius 3 is 2.90 bits per heavy atom. The molecule has 3 aromatic rings. The molecule has 8 nitrogen and oxygen atoms in total. The quantitative estimate of drug-likeness (QED) is 0.425. The van der Waals surface area contributed by atoms with Crippen molar-refractivity contribution < 1.29 is 0 Å². The Morgan fingerprint density at radius 1 is 1.35 bits per heavy atom. The van der Waals surface area contributed by atoms with Crippen molar-refractivity contribution >= 4 is 34.1 Å². The van der Waals surface area contributed by atoms with E-state index in [0.29, 0.717) is 17.4 Å². The van der Waals surface area contributed by atoms with E-state index >= 15 is 0 Å². The molecule has 9 heteroatoms. The lowest BCUT2D eigenvalue weighted by atomic mass is 10.3. The van der Waals surface area contributed by atoms with Gasteiger partial charge >= 0.3 is 0 Å². The molecule has 5 N–H and O–H groups in total. The molecule has 1 unspecified atom stereocenters. The van der Waals surface area contributed by atoms with Gasteiger partial charge in [-0.3, -0.25) is 10.5 Å². The molecule has 0 aliphatic rings. The summed E-state index contributed by atoms with van der Waals surface area (Å²) in [4.78, 5) is 14.0. The van der Waals surface area contributed by atoms with Crippen molar-refractivity contribution in [2.45, 2.75) is 19.9 Å². The van der Waals surface area contributed by atoms with Gasteiger partial charge in [0.25, 0.3) is 0 Å². The van der Waals surface area contributed by atoms with Gasteiger partial charge in [0.2, 0.25) is 5.95 Å². The molecule has 0 aliphatic carbocycles. The maximum Gasteiger partial charge on any atom is 0.241 e. The van der Waals surface area contributed by atoms with Crippen LogP contribution in [0.15, 0.2) is 12.4 Å². The number of nitrogens with two attached hydrogens (primary N) is 1. The van der Waals surface area contributed by atoms with Crippen molar-refractivity contribution in [2.75, 3.05) is 10.7 Å². The number of thiazole rings is 1. The van der Waals surface area contributed by atoms with Crippen LogP contribution in [0.5, 0.6) is 0 Å². The van der Waals surface area contributed by atoms with Crippen LogP contribution >= 0.6 is 11.3 Å². The number of H-pyrrole nitrogens is 1. The molecule has 0 fully saturated rings. The molecule has 0 radical (unpaired) electrons. The number of hydrazine groups is 1. The minimum Gasteiger partial charge on any atom is -0.360 e. The molecule has 0 aliphatic heterocycles. The summed E-state index contributed by atoms with van der Waals surface area (Å²) in [5.74, 6) is 6.37. The number of nitrogen functional groups attached to an aromatic ring is 1. The molecule has 0 amide bonds. The Kier molecular flexibility index (Phi) is 3.20. The van der Waals surface area contributed by atoms with Gasteiger partial charge in [0, 0.05) is 11.1 Å². The van der Waals surface area contributed by atoms with Gasteiger partial charge in [0.05, 0.1) is 17.6 Å². The van der Waals surface area contributed by atoms with Crippen LogP contribution in [0.4, 0.5) is 11.8 Å². The van der Waals surface area contributed by atoms with Crippen LogP contribution in [0, 0.1) is 6.92 Å². The zero-order valence-corrected chi connectivity index (χ0v) is 11.8. The van der Waals surface area contributed by atoms with Gasteiger partial charge in [-0.05, 0) is 13.8 Å². The topological polar surface area (TPSA) is 117 Å². The average Bonchev–Trinajstić information content (AvgIpc) is 3.06. The Bertz CT molecular complexity index is 733. The summed E-state index contributed by atoms with van der Waals surface area (Å²) in [5.41, 5.74) is 3.07. The van der Waals surface area contributed by atoms with E-state index in [0.717, 1.165) is 10.4 Å². The van der Waals surface area contributed by atoms with Crippen LogP contribution in [0.2, 0.25) is 0 Å². The molecule has 3 heterocycles. The van der Waals surface area contributed by atoms with Crippen molar-refractivity contribution in [2.24, 2.45) is 5.84 Å². The number of aryl methyl sites for hydroxylation is 1. The summed E-state index contributed by atoms with van der Waals surface area (Å²) in [6, 6.07) is 0.0346. The van der Waals surface area contributed by atoms with E-state index < -0.39 is 0 Å². The molecule has 3 rings (SSSR count). The SMILES string of the molecule is Cc1cnc(C(C)Nc2nc(NN)nc3[nH]ncc23)s1. The zero-order valence-electron chi connectivity index (χ0n) is 11.0. The summed E-state index contributed by atoms with van der Waals surface area (Å²) >= 11 is 1.65. The molecule has 1 atom stereocenters. The monoisotopic (exact) mass is 290 g/mol. The second-order valence-corrected chi connectivity index (χ2v) is 5.61. The van der Waals surface area contributed by atoms with Gasteiger partial charge in [-0.15, -0.1) is 11.3 Å². The number of fused-ring (bicyclic) bond motifs is 1. The molecule has 0 spiro atoms. The minimum absolute atomic E-state index is 0.0346. The Balaban J connectivity index is 1.95. The number of rotatable bonds is 4. The van der Waals surface area contributed by atoms with Crippen LogP contribution in [0.3, 0.4) is 0 Å². The molecule has 104 valence electrons. The highest BCUT2D eigenvalue weighted by molar-refractivity contribution is 7.11. The van der Waals surface area contributed by atoms with E-state index in [2.05, 4.69) is 35.9 Å². The van der Waals surface area contributed by atoms with Gasteiger partial charge in [-0.25, -0.2) is 10.8 Å². The van der Waals surface area contributed by atoms with Crippen molar-refractivity contribution in [1.29, 1.82) is 0 Å². The van der Waals surface area contributed by atoms with Crippen molar-refractivity contribution in [3.8, 4) is 0 Å². The largest absolute Gasteiger partial charge is 0.360 e. The first-order valence-corrected chi connectivity index (χ1v) is 6.85. The molecule has 20 heavy (non-hydrogen) atoms. The fraction of sp³-hybridized carbons (Fsp3) is 0.273. The average molecular weight is 290 g/mol. The van der Waals surface area contributed by atoms with Crippen LogP contribution in [0.1, 0.15) is 22.9 Å². The van der Waals surface area contributed by atoms with E-state index in [9.17, 15) is 0 Å². The zero-order chi connectivity index (χ0) is 14.1. The second-order valence-electron chi connectivity index (χ2n) is 4.35. The molecule has 0 saturated carbocycles. The fourth-order valence-electron chi connectivity index (χ4n) is 1.85. The van der Waals surface area contributed by atoms with E-state index in [1.165, 1.54) is 4.88 Å². The van der Waals surface area contributed by atoms with Gasteiger partial charge < -0.3 is 5.32 Å². The Labute approximate surface area is 118 Å². The number of aromatic amines is 1. The van der Waals surface area contributed by atoms with Gasteiger partial charge in [-0.2, -0.15) is 15.1 Å². The number of hydrogen-bond acceptors (Lipinski definition) is 8. The molecule has 0 saturated heterocycles. The van der Waals surface area contributed by atoms with Crippen LogP contribution < -0.4 is 16.6 Å². The first-order valence-electron chi connectivity index (χ1n) is 6.04. The van der Waals surface area contributed by atoms with Gasteiger partial charge in [0.15, 0.2) is 5.65 Å². The van der Waals surface area contributed by atoms with Crippen molar-refractivity contribution in [3.05, 3.63) is 22.3 Å². The first kappa shape index (κ1) is 12.8. The third kappa shape index (κ3) is 2.28. The predicted molar refractivity (Wildman–Crippen MR) is 78.4 cm³/mol. The highest BCUT2D eigenvalue weighted by atomic mass is 32.1. The smallest absolute Gasteiger partial charge is 0.241 e. The third-order valence-corrected chi connectivity index (χ3v) is 3.90. The maximum absolute atomic E-state index is 5.38. The minimum atomic E-state index is 0.0346. The molecule has 0 aromatic carbocycles. The number of aromatic nitrogens is 5. The lowest BCUT2D eigenvalue weighted by molar-refractivity contribution is 0.862. The lowest BCUT2D eigenvalue weighted by Gasteiger charge is -2.13. The number of nitrogens with zero attached hydrogens (tertiary/aromatic N) is 4. The van der Waals surface area contributed by atoms with Gasteiger partial charge in [0.1, 0.15) is 10.8 Å². The van der Waals surface area contributed by atoms with E-state index in [1.807, 2.05) is 20.0 Å². The number of hydrogen-bond donors (Lipinski definition) is 4. The molecular weight excluding hydrogens is 276 g/mol. The van der Waals surface area contributed by atoms with Crippen LogP contribution in [-0.2, 0) is 0 Å². The lowest BCUT2D eigenvalue weighted by Crippen LogP contribution is -2.13. The van der Waals surface area contributed by atoms with Gasteiger partial charge in [-0.1, -0.05) is 0 Å². The summed E-state index contributed by atoms with van der Waals surface area (Å²) in [5, 5.41) is 11.9. The van der Waals surface area contributed by atoms with E-state index in [-0.39, 0.29) is 6.04 Å². The number of nitrogens with one attached hydrogen (secondary N) is 3. The standard InChI is InChI=1S/C11H14N8S/c1-5-3-13-10(20-5)6(2)15-8-7-4-14-19-9(7)17-11(16-8)18-12/h3-4,6H,12H2,1-2H3,(H3,14,15,16,17,18,19). The van der Waals surface area contributed by atoms with E-state index in [4.69, 9.17) is 5.84 Å². The van der Waals surface area contributed by atoms with Crippen LogP contribution in [0.25, 0.3) is 11.0 Å². The normalized spacial score (nSPS) is 12.6. The van der Waals surface area contributed by atoms with Crippen molar-refractivity contribution in [3.63, 3.8) is 0 Å². The maximum atomic E-state index is 5.38. The fourth-order valence-corrected chi connectivity index (χ4v) is 2.63. The molecule has 3 aromatic heterocycles. The van der Waals surface area contributed by atoms with Crippen LogP contribution in [-0.4, -0.2) is 25.1 Å². The second kappa shape index (κ2) is 5.02. The summed E-state index contributed by atoms with van der Waals surface area (Å²) in [6.07, 6.45) is 3.54. The summed E-state index contributed by atoms with van der Waals surface area (Å²) in [6.45, 7) is 4.06. The Hall–Kier alpha value is -2.26. The van der Waals surface area contributed by atoms with Crippen molar-refractivity contribution in [1.82, 2.24) is 25.1 Å². The summed E-state index contributed by atoms with van der Waals surface area (Å²) < 4.78 is 0. The molecule has 0 bridgehead atoms. The highest BCUT2D eigenvalue weighted by Gasteiger charge is 2.14. The third-order valence-electron chi connectivity index (χ3n) is 2.80. The first-order chi connectivity index (χ1) is 9.67. The number of anilines is 2. The predicted octanol–water partition coefficient (Wildman–Crippen LogP) is 1.58. The summed E-state index contributed by atoms with van der Waals surface area (Å²) in [7, 11) is 0. The highest BCUT2D eigenvalue weighted by Crippen LogP contribution is 2.26. The Morgan fingerprint density at radius 2 is 2.20 bits per heavy atom. The molecular formula is C11H14N8S. The van der Waals surface area contributed by atoms with E-state index in [1.54, 1.807) is 17.5 Å².